The van der Waals surface area contributed by atoms with Crippen LogP contribution in [0.25, 0.3) is 10.9 Å². The Kier molecular flexibility index (Phi) is 2.28. The van der Waals surface area contributed by atoms with Crippen molar-refractivity contribution in [2.75, 3.05) is 5.32 Å². The fourth-order valence-corrected chi connectivity index (χ4v) is 1.93. The Bertz CT molecular complexity index is 554. The van der Waals surface area contributed by atoms with Gasteiger partial charge in [-0.25, -0.2) is 14.4 Å². The molecule has 0 aliphatic heterocycles. The first-order valence-corrected chi connectivity index (χ1v) is 5.89. The van der Waals surface area contributed by atoms with Crippen LogP contribution in [0.15, 0.2) is 22.9 Å². The number of fused-ring (bicyclic) bond motifs is 1. The van der Waals surface area contributed by atoms with Gasteiger partial charge >= 0.3 is 0 Å². The molecule has 0 bridgehead atoms. The van der Waals surface area contributed by atoms with E-state index in [4.69, 9.17) is 0 Å². The van der Waals surface area contributed by atoms with E-state index in [-0.39, 0.29) is 5.82 Å². The van der Waals surface area contributed by atoms with Gasteiger partial charge in [0.2, 0.25) is 0 Å². The molecule has 3 nitrogen and oxygen atoms in total. The lowest BCUT2D eigenvalue weighted by atomic mass is 10.2. The van der Waals surface area contributed by atoms with E-state index in [0.29, 0.717) is 16.0 Å². The third kappa shape index (κ3) is 1.75. The van der Waals surface area contributed by atoms with E-state index in [0.717, 1.165) is 11.2 Å². The van der Waals surface area contributed by atoms with Crippen molar-refractivity contribution in [1.29, 1.82) is 0 Å². The Morgan fingerprint density at radius 2 is 2.12 bits per heavy atom. The van der Waals surface area contributed by atoms with E-state index in [1.807, 2.05) is 0 Å². The predicted molar refractivity (Wildman–Crippen MR) is 63.8 cm³/mol. The zero-order chi connectivity index (χ0) is 11.1. The Balaban J connectivity index is 2.16. The van der Waals surface area contributed by atoms with Crippen LogP contribution in [0.2, 0.25) is 0 Å². The van der Waals surface area contributed by atoms with Crippen molar-refractivity contribution in [2.24, 2.45) is 0 Å². The van der Waals surface area contributed by atoms with E-state index in [1.165, 1.54) is 25.2 Å². The van der Waals surface area contributed by atoms with Gasteiger partial charge in [-0.2, -0.15) is 0 Å². The van der Waals surface area contributed by atoms with Gasteiger partial charge in [-0.05, 0) is 34.8 Å². The predicted octanol–water partition coefficient (Wildman–Crippen LogP) is 3.11. The summed E-state index contributed by atoms with van der Waals surface area (Å²) in [5, 5.41) is 4.16. The number of aromatic nitrogens is 2. The number of nitrogens with one attached hydrogen (secondary N) is 1. The minimum Gasteiger partial charge on any atom is -0.367 e. The summed E-state index contributed by atoms with van der Waals surface area (Å²) in [6, 6.07) is 3.65. The zero-order valence-corrected chi connectivity index (χ0v) is 9.96. The molecular weight excluding hydrogens is 273 g/mol. The van der Waals surface area contributed by atoms with E-state index in [9.17, 15) is 4.39 Å². The molecule has 3 rings (SSSR count). The largest absolute Gasteiger partial charge is 0.367 e. The minimum absolute atomic E-state index is 0.302. The van der Waals surface area contributed by atoms with Crippen LogP contribution in [-0.2, 0) is 0 Å². The zero-order valence-electron chi connectivity index (χ0n) is 8.37. The third-order valence-corrected chi connectivity index (χ3v) is 3.20. The van der Waals surface area contributed by atoms with Crippen LogP contribution in [-0.4, -0.2) is 16.0 Å². The SMILES string of the molecule is Fc1cc2ncnc(NC3CC3)c2cc1Br. The highest BCUT2D eigenvalue weighted by molar-refractivity contribution is 9.10. The lowest BCUT2D eigenvalue weighted by Crippen LogP contribution is -2.04. The van der Waals surface area contributed by atoms with Crippen LogP contribution >= 0.6 is 15.9 Å². The molecule has 82 valence electrons. The van der Waals surface area contributed by atoms with Crippen LogP contribution in [0, 0.1) is 5.82 Å². The molecule has 0 saturated heterocycles. The van der Waals surface area contributed by atoms with Crippen molar-refractivity contribution in [3.8, 4) is 0 Å². The molecule has 1 heterocycles. The summed E-state index contributed by atoms with van der Waals surface area (Å²) in [6.07, 6.45) is 3.81. The first kappa shape index (κ1) is 9.96. The van der Waals surface area contributed by atoms with Crippen LogP contribution in [0.3, 0.4) is 0 Å². The number of benzene rings is 1. The number of anilines is 1. The smallest absolute Gasteiger partial charge is 0.139 e. The summed E-state index contributed by atoms with van der Waals surface area (Å²) < 4.78 is 13.8. The fourth-order valence-electron chi connectivity index (χ4n) is 1.59. The maximum absolute atomic E-state index is 13.3. The fraction of sp³-hybridized carbons (Fsp3) is 0.273. The summed E-state index contributed by atoms with van der Waals surface area (Å²) in [7, 11) is 0. The van der Waals surface area contributed by atoms with Crippen molar-refractivity contribution in [3.63, 3.8) is 0 Å². The van der Waals surface area contributed by atoms with Crippen LogP contribution in [0.1, 0.15) is 12.8 Å². The molecule has 0 radical (unpaired) electrons. The van der Waals surface area contributed by atoms with Gasteiger partial charge in [-0.3, -0.25) is 0 Å². The maximum Gasteiger partial charge on any atom is 0.139 e. The molecule has 1 saturated carbocycles. The number of rotatable bonds is 2. The quantitative estimate of drug-likeness (QED) is 0.919. The van der Waals surface area contributed by atoms with Gasteiger partial charge in [-0.15, -0.1) is 0 Å². The van der Waals surface area contributed by atoms with E-state index >= 15 is 0 Å². The lowest BCUT2D eigenvalue weighted by molar-refractivity contribution is 0.623. The highest BCUT2D eigenvalue weighted by Crippen LogP contribution is 2.30. The van der Waals surface area contributed by atoms with Gasteiger partial charge in [0.15, 0.2) is 0 Å². The van der Waals surface area contributed by atoms with Crippen molar-refractivity contribution < 1.29 is 4.39 Å². The standard InChI is InChI=1S/C11H9BrFN3/c12-8-3-7-10(4-9(8)13)14-5-15-11(7)16-6-1-2-6/h3-6H,1-2H2,(H,14,15,16). The third-order valence-electron chi connectivity index (χ3n) is 2.60. The molecule has 16 heavy (non-hydrogen) atoms. The highest BCUT2D eigenvalue weighted by Gasteiger charge is 2.22. The van der Waals surface area contributed by atoms with Gasteiger partial charge in [0.05, 0.1) is 9.99 Å². The van der Waals surface area contributed by atoms with Crippen molar-refractivity contribution >= 4 is 32.7 Å². The number of hydrogen-bond acceptors (Lipinski definition) is 3. The molecular formula is C11H9BrFN3. The molecule has 0 amide bonds. The van der Waals surface area contributed by atoms with E-state index < -0.39 is 0 Å². The Hall–Kier alpha value is -1.23. The van der Waals surface area contributed by atoms with E-state index in [2.05, 4.69) is 31.2 Å². The highest BCUT2D eigenvalue weighted by atomic mass is 79.9. The van der Waals surface area contributed by atoms with Crippen LogP contribution < -0.4 is 5.32 Å². The molecule has 1 fully saturated rings. The summed E-state index contributed by atoms with van der Waals surface area (Å²) in [6.45, 7) is 0. The van der Waals surface area contributed by atoms with Crippen LogP contribution in [0.4, 0.5) is 10.2 Å². The summed E-state index contributed by atoms with van der Waals surface area (Å²) >= 11 is 3.17. The molecule has 1 aliphatic rings. The van der Waals surface area contributed by atoms with Crippen molar-refractivity contribution in [2.45, 2.75) is 18.9 Å². The lowest BCUT2D eigenvalue weighted by Gasteiger charge is -2.07. The second kappa shape index (κ2) is 3.66. The molecule has 1 aliphatic carbocycles. The summed E-state index contributed by atoms with van der Waals surface area (Å²) in [5.74, 6) is 0.483. The molecule has 2 aromatic rings. The Morgan fingerprint density at radius 1 is 1.31 bits per heavy atom. The number of hydrogen-bond donors (Lipinski definition) is 1. The average Bonchev–Trinajstić information content (AvgIpc) is 3.05. The molecule has 1 aromatic heterocycles. The number of halogens is 2. The van der Waals surface area contributed by atoms with Gasteiger partial charge in [0, 0.05) is 17.5 Å². The monoisotopic (exact) mass is 281 g/mol. The first-order valence-electron chi connectivity index (χ1n) is 5.10. The minimum atomic E-state index is -0.302. The Labute approximate surface area is 100 Å². The normalized spacial score (nSPS) is 15.4. The molecule has 0 unspecified atom stereocenters. The average molecular weight is 282 g/mol. The van der Waals surface area contributed by atoms with Crippen LogP contribution in [0.5, 0.6) is 0 Å². The molecule has 0 atom stereocenters. The first-order chi connectivity index (χ1) is 7.74. The van der Waals surface area contributed by atoms with Gasteiger partial charge in [0.25, 0.3) is 0 Å². The maximum atomic E-state index is 13.3. The second-order valence-electron chi connectivity index (χ2n) is 3.92. The van der Waals surface area contributed by atoms with Crippen molar-refractivity contribution in [3.05, 3.63) is 28.7 Å². The van der Waals surface area contributed by atoms with Gasteiger partial charge < -0.3 is 5.32 Å². The molecule has 1 N–H and O–H groups in total. The molecule has 0 spiro atoms. The summed E-state index contributed by atoms with van der Waals surface area (Å²) in [5.41, 5.74) is 0.624. The van der Waals surface area contributed by atoms with Gasteiger partial charge in [-0.1, -0.05) is 0 Å². The van der Waals surface area contributed by atoms with E-state index in [1.54, 1.807) is 6.07 Å². The van der Waals surface area contributed by atoms with Crippen molar-refractivity contribution in [1.82, 2.24) is 9.97 Å². The second-order valence-corrected chi connectivity index (χ2v) is 4.78. The topological polar surface area (TPSA) is 37.8 Å². The Morgan fingerprint density at radius 3 is 2.88 bits per heavy atom. The van der Waals surface area contributed by atoms with Gasteiger partial charge in [0.1, 0.15) is 18.0 Å². The molecule has 1 aromatic carbocycles. The molecule has 5 heteroatoms. The number of nitrogens with zero attached hydrogens (tertiary/aromatic N) is 2. The summed E-state index contributed by atoms with van der Waals surface area (Å²) in [4.78, 5) is 8.25.